The van der Waals surface area contributed by atoms with E-state index in [1.54, 1.807) is 23.5 Å². The van der Waals surface area contributed by atoms with E-state index in [4.69, 9.17) is 9.72 Å². The van der Waals surface area contributed by atoms with Gasteiger partial charge in [0, 0.05) is 24.0 Å². The van der Waals surface area contributed by atoms with Gasteiger partial charge in [0.15, 0.2) is 0 Å². The minimum absolute atomic E-state index is 0.249. The number of halogens is 1. The average Bonchev–Trinajstić information content (AvgIpc) is 3.43. The summed E-state index contributed by atoms with van der Waals surface area (Å²) in [5.41, 5.74) is 2.76. The van der Waals surface area contributed by atoms with E-state index in [-0.39, 0.29) is 5.82 Å². The molecule has 0 bridgehead atoms. The number of nitrogens with zero attached hydrogens (tertiary/aromatic N) is 5. The maximum absolute atomic E-state index is 13.2. The van der Waals surface area contributed by atoms with E-state index >= 15 is 0 Å². The largest absolute Gasteiger partial charge is 0.378 e. The Labute approximate surface area is 177 Å². The molecule has 4 aromatic rings. The lowest BCUT2D eigenvalue weighted by Gasteiger charge is -2.28. The molecular formula is C22H20FN5OS. The third-order valence-electron chi connectivity index (χ3n) is 5.02. The molecule has 1 saturated heterocycles. The molecule has 8 heteroatoms. The number of para-hydroxylation sites is 1. The van der Waals surface area contributed by atoms with Crippen molar-refractivity contribution in [2.45, 2.75) is 6.42 Å². The van der Waals surface area contributed by atoms with E-state index in [2.05, 4.69) is 31.8 Å². The highest BCUT2D eigenvalue weighted by Crippen LogP contribution is 2.26. The summed E-state index contributed by atoms with van der Waals surface area (Å²) in [6.45, 7) is 2.95. The van der Waals surface area contributed by atoms with Gasteiger partial charge < -0.3 is 9.64 Å². The van der Waals surface area contributed by atoms with Gasteiger partial charge in [0.1, 0.15) is 16.6 Å². The second-order valence-electron chi connectivity index (χ2n) is 7.00. The van der Waals surface area contributed by atoms with Crippen molar-refractivity contribution in [3.05, 3.63) is 76.6 Å². The molecule has 2 aromatic carbocycles. The van der Waals surface area contributed by atoms with Crippen LogP contribution in [0.1, 0.15) is 10.8 Å². The first kappa shape index (κ1) is 18.9. The molecule has 0 unspecified atom stereocenters. The first-order chi connectivity index (χ1) is 14.8. The smallest absolute Gasteiger partial charge is 0.232 e. The summed E-state index contributed by atoms with van der Waals surface area (Å²) in [6.07, 6.45) is 0.568. The number of hydrogen-bond donors (Lipinski definition) is 0. The number of morpholine rings is 1. The summed E-state index contributed by atoms with van der Waals surface area (Å²) in [5.74, 6) is 1.42. The Balaban J connectivity index is 1.47. The van der Waals surface area contributed by atoms with Crippen LogP contribution in [0.25, 0.3) is 16.9 Å². The summed E-state index contributed by atoms with van der Waals surface area (Å²) >= 11 is 1.57. The third kappa shape index (κ3) is 3.83. The minimum Gasteiger partial charge on any atom is -0.378 e. The molecule has 5 rings (SSSR count). The van der Waals surface area contributed by atoms with Crippen molar-refractivity contribution in [3.63, 3.8) is 0 Å². The number of rotatable bonds is 5. The Morgan fingerprint density at radius 2 is 1.73 bits per heavy atom. The number of ether oxygens (including phenoxy) is 1. The maximum Gasteiger partial charge on any atom is 0.232 e. The van der Waals surface area contributed by atoms with Crippen molar-refractivity contribution in [1.29, 1.82) is 0 Å². The fraction of sp³-hybridized carbons (Fsp3) is 0.227. The lowest BCUT2D eigenvalue weighted by atomic mass is 10.2. The lowest BCUT2D eigenvalue weighted by Crippen LogP contribution is -2.38. The van der Waals surface area contributed by atoms with Crippen LogP contribution in [0, 0.1) is 5.82 Å². The van der Waals surface area contributed by atoms with Gasteiger partial charge in [0.05, 0.1) is 31.0 Å². The third-order valence-corrected chi connectivity index (χ3v) is 5.87. The minimum atomic E-state index is -0.249. The molecule has 152 valence electrons. The molecule has 1 aliphatic heterocycles. The van der Waals surface area contributed by atoms with Gasteiger partial charge in [-0.25, -0.2) is 9.37 Å². The fourth-order valence-corrected chi connectivity index (χ4v) is 4.31. The normalized spacial score (nSPS) is 14.2. The van der Waals surface area contributed by atoms with E-state index in [1.165, 1.54) is 12.1 Å². The van der Waals surface area contributed by atoms with Crippen LogP contribution in [-0.2, 0) is 11.2 Å². The van der Waals surface area contributed by atoms with E-state index < -0.39 is 0 Å². The summed E-state index contributed by atoms with van der Waals surface area (Å²) in [7, 11) is 0. The quantitative estimate of drug-likeness (QED) is 0.488. The van der Waals surface area contributed by atoms with Crippen molar-refractivity contribution in [1.82, 2.24) is 19.7 Å². The van der Waals surface area contributed by atoms with Crippen LogP contribution in [0.4, 0.5) is 10.3 Å². The zero-order chi connectivity index (χ0) is 20.3. The predicted octanol–water partition coefficient (Wildman–Crippen LogP) is 3.96. The molecule has 1 aliphatic rings. The van der Waals surface area contributed by atoms with E-state index in [0.717, 1.165) is 46.8 Å². The molecule has 0 saturated carbocycles. The molecule has 0 aliphatic carbocycles. The van der Waals surface area contributed by atoms with Gasteiger partial charge in [-0.1, -0.05) is 18.2 Å². The molecule has 0 N–H and O–H groups in total. The van der Waals surface area contributed by atoms with Crippen molar-refractivity contribution in [2.75, 3.05) is 31.2 Å². The first-order valence-electron chi connectivity index (χ1n) is 9.81. The van der Waals surface area contributed by atoms with Crippen LogP contribution < -0.4 is 4.90 Å². The Bertz CT molecular complexity index is 1120. The number of anilines is 1. The van der Waals surface area contributed by atoms with Crippen molar-refractivity contribution in [3.8, 4) is 16.9 Å². The number of hydrogen-bond acceptors (Lipinski definition) is 6. The van der Waals surface area contributed by atoms with Crippen molar-refractivity contribution in [2.24, 2.45) is 0 Å². The first-order valence-corrected chi connectivity index (χ1v) is 10.7. The molecule has 1 fully saturated rings. The summed E-state index contributed by atoms with van der Waals surface area (Å²) in [4.78, 5) is 6.95. The van der Waals surface area contributed by atoms with Gasteiger partial charge in [0.2, 0.25) is 5.95 Å². The second kappa shape index (κ2) is 8.33. The molecule has 0 radical (unpaired) electrons. The Kier molecular flexibility index (Phi) is 5.25. The van der Waals surface area contributed by atoms with Crippen molar-refractivity contribution >= 4 is 17.3 Å². The van der Waals surface area contributed by atoms with Crippen molar-refractivity contribution < 1.29 is 9.13 Å². The highest BCUT2D eigenvalue weighted by Gasteiger charge is 2.22. The molecule has 30 heavy (non-hydrogen) atoms. The number of aromatic nitrogens is 4. The zero-order valence-electron chi connectivity index (χ0n) is 16.2. The molecule has 0 amide bonds. The van der Waals surface area contributed by atoms with Crippen LogP contribution in [-0.4, -0.2) is 46.1 Å². The summed E-state index contributed by atoms with van der Waals surface area (Å²) < 4.78 is 20.8. The maximum atomic E-state index is 13.2. The molecule has 3 heterocycles. The highest BCUT2D eigenvalue weighted by atomic mass is 32.1. The van der Waals surface area contributed by atoms with Crippen LogP contribution in [0.2, 0.25) is 0 Å². The standard InChI is InChI=1S/C22H20FN5OS/c23-17-8-6-16(7-9-17)19-15-30-21(24-19)14-20-25-26-22(27-10-12-29-13-11-27)28(20)18-4-2-1-3-5-18/h1-9,15H,10-14H2. The average molecular weight is 422 g/mol. The highest BCUT2D eigenvalue weighted by molar-refractivity contribution is 7.10. The Morgan fingerprint density at radius 1 is 0.967 bits per heavy atom. The second-order valence-corrected chi connectivity index (χ2v) is 7.94. The van der Waals surface area contributed by atoms with Gasteiger partial charge in [-0.3, -0.25) is 4.57 Å². The Hall–Kier alpha value is -3.10. The molecular weight excluding hydrogens is 401 g/mol. The van der Waals surface area contributed by atoms with Gasteiger partial charge in [-0.05, 0) is 36.4 Å². The van der Waals surface area contributed by atoms with E-state index in [9.17, 15) is 4.39 Å². The monoisotopic (exact) mass is 421 g/mol. The lowest BCUT2D eigenvalue weighted by molar-refractivity contribution is 0.122. The molecule has 2 aromatic heterocycles. The summed E-state index contributed by atoms with van der Waals surface area (Å²) in [6, 6.07) is 16.5. The van der Waals surface area contributed by atoms with Crippen LogP contribution >= 0.6 is 11.3 Å². The summed E-state index contributed by atoms with van der Waals surface area (Å²) in [5, 5.41) is 11.9. The Morgan fingerprint density at radius 3 is 2.50 bits per heavy atom. The number of thiazole rings is 1. The van der Waals surface area contributed by atoms with Gasteiger partial charge in [-0.2, -0.15) is 0 Å². The van der Waals surface area contributed by atoms with E-state index in [0.29, 0.717) is 19.6 Å². The van der Waals surface area contributed by atoms with Crippen LogP contribution in [0.15, 0.2) is 60.0 Å². The van der Waals surface area contributed by atoms with Crippen LogP contribution in [0.5, 0.6) is 0 Å². The van der Waals surface area contributed by atoms with Gasteiger partial charge in [0.25, 0.3) is 0 Å². The zero-order valence-corrected chi connectivity index (χ0v) is 17.1. The van der Waals surface area contributed by atoms with Gasteiger partial charge in [-0.15, -0.1) is 21.5 Å². The van der Waals surface area contributed by atoms with Gasteiger partial charge >= 0.3 is 0 Å². The fourth-order valence-electron chi connectivity index (χ4n) is 3.51. The SMILES string of the molecule is Fc1ccc(-c2csc(Cc3nnc(N4CCOCC4)n3-c3ccccc3)n2)cc1. The predicted molar refractivity (Wildman–Crippen MR) is 115 cm³/mol. The molecule has 6 nitrogen and oxygen atoms in total. The molecule has 0 atom stereocenters. The number of benzene rings is 2. The topological polar surface area (TPSA) is 56.1 Å². The molecule has 0 spiro atoms. The van der Waals surface area contributed by atoms with E-state index in [1.807, 2.05) is 23.6 Å². The van der Waals surface area contributed by atoms with Crippen LogP contribution in [0.3, 0.4) is 0 Å².